The average Bonchev–Trinajstić information content (AvgIpc) is 2.36. The fourth-order valence-electron chi connectivity index (χ4n) is 3.04. The summed E-state index contributed by atoms with van der Waals surface area (Å²) in [6.45, 7) is 2.66. The molecule has 22 heavy (non-hydrogen) atoms. The second-order valence-corrected chi connectivity index (χ2v) is 5.56. The van der Waals surface area contributed by atoms with Crippen LogP contribution < -0.4 is 0 Å². The standard InChI is InChI=1S/C14H18O8/c1-5-3-7(10(14(21)22)6(2)11(15)16)4-8(12(17)18)9(5)13(19)20/h3,6-10H,4H2,1-2H3,(H,15,16)(H,17,18)(H,19,20)(H,21,22). The number of carboxylic acids is 4. The van der Waals surface area contributed by atoms with E-state index in [0.29, 0.717) is 0 Å². The molecule has 1 rings (SSSR count). The van der Waals surface area contributed by atoms with E-state index in [1.54, 1.807) is 0 Å². The molecule has 0 saturated carbocycles. The van der Waals surface area contributed by atoms with Crippen LogP contribution in [-0.4, -0.2) is 44.3 Å². The Kier molecular flexibility index (Phi) is 5.29. The molecule has 8 nitrogen and oxygen atoms in total. The van der Waals surface area contributed by atoms with Gasteiger partial charge in [0, 0.05) is 0 Å². The second kappa shape index (κ2) is 6.59. The van der Waals surface area contributed by atoms with Gasteiger partial charge in [0.1, 0.15) is 0 Å². The summed E-state index contributed by atoms with van der Waals surface area (Å²) in [5.74, 6) is -11.2. The van der Waals surface area contributed by atoms with Crippen molar-refractivity contribution in [1.29, 1.82) is 0 Å². The van der Waals surface area contributed by atoms with Gasteiger partial charge in [-0.1, -0.05) is 18.6 Å². The van der Waals surface area contributed by atoms with E-state index in [9.17, 15) is 29.4 Å². The van der Waals surface area contributed by atoms with E-state index in [-0.39, 0.29) is 12.0 Å². The van der Waals surface area contributed by atoms with Gasteiger partial charge in [0.05, 0.1) is 23.7 Å². The summed E-state index contributed by atoms with van der Waals surface area (Å²) in [6, 6.07) is 0. The number of carbonyl (C=O) groups is 4. The van der Waals surface area contributed by atoms with Crippen molar-refractivity contribution in [2.75, 3.05) is 0 Å². The third-order valence-electron chi connectivity index (χ3n) is 4.15. The first-order valence-corrected chi connectivity index (χ1v) is 6.67. The molecule has 5 unspecified atom stereocenters. The Bertz CT molecular complexity index is 535. The summed E-state index contributed by atoms with van der Waals surface area (Å²) < 4.78 is 0. The van der Waals surface area contributed by atoms with Crippen LogP contribution in [0.5, 0.6) is 0 Å². The average molecular weight is 314 g/mol. The zero-order chi connectivity index (χ0) is 17.2. The quantitative estimate of drug-likeness (QED) is 0.525. The molecule has 0 aromatic rings. The number of allylic oxidation sites excluding steroid dienone is 1. The Morgan fingerprint density at radius 3 is 1.95 bits per heavy atom. The highest BCUT2D eigenvalue weighted by molar-refractivity contribution is 5.84. The lowest BCUT2D eigenvalue weighted by atomic mass is 9.68. The highest BCUT2D eigenvalue weighted by Crippen LogP contribution is 2.39. The number of rotatable bonds is 6. The van der Waals surface area contributed by atoms with Gasteiger partial charge < -0.3 is 20.4 Å². The summed E-state index contributed by atoms with van der Waals surface area (Å²) in [5.41, 5.74) is 0.236. The molecule has 0 fully saturated rings. The van der Waals surface area contributed by atoms with Crippen molar-refractivity contribution in [1.82, 2.24) is 0 Å². The molecule has 0 bridgehead atoms. The minimum Gasteiger partial charge on any atom is -0.481 e. The van der Waals surface area contributed by atoms with Gasteiger partial charge in [-0.25, -0.2) is 0 Å². The maximum Gasteiger partial charge on any atom is 0.311 e. The molecule has 1 aliphatic carbocycles. The maximum absolute atomic E-state index is 11.4. The smallest absolute Gasteiger partial charge is 0.311 e. The van der Waals surface area contributed by atoms with Gasteiger partial charge in [-0.05, 0) is 19.3 Å². The Balaban J connectivity index is 3.25. The molecule has 0 heterocycles. The molecular formula is C14H18O8. The summed E-state index contributed by atoms with van der Waals surface area (Å²) in [7, 11) is 0. The van der Waals surface area contributed by atoms with Gasteiger partial charge in [0.2, 0.25) is 0 Å². The lowest BCUT2D eigenvalue weighted by Gasteiger charge is -2.34. The highest BCUT2D eigenvalue weighted by Gasteiger charge is 2.45. The first-order valence-electron chi connectivity index (χ1n) is 6.67. The molecule has 1 aliphatic rings. The van der Waals surface area contributed by atoms with E-state index < -0.39 is 53.5 Å². The molecule has 0 aromatic heterocycles. The third-order valence-corrected chi connectivity index (χ3v) is 4.15. The van der Waals surface area contributed by atoms with Crippen molar-refractivity contribution in [3.8, 4) is 0 Å². The summed E-state index contributed by atoms with van der Waals surface area (Å²) >= 11 is 0. The van der Waals surface area contributed by atoms with Crippen molar-refractivity contribution in [2.24, 2.45) is 29.6 Å². The van der Waals surface area contributed by atoms with E-state index >= 15 is 0 Å². The molecule has 8 heteroatoms. The van der Waals surface area contributed by atoms with E-state index in [1.807, 2.05) is 0 Å². The third kappa shape index (κ3) is 3.44. The van der Waals surface area contributed by atoms with Crippen molar-refractivity contribution >= 4 is 23.9 Å². The molecule has 0 amide bonds. The summed E-state index contributed by atoms with van der Waals surface area (Å²) in [6.07, 6.45) is 1.16. The molecular weight excluding hydrogens is 296 g/mol. The Morgan fingerprint density at radius 1 is 1.05 bits per heavy atom. The first kappa shape index (κ1) is 17.7. The fourth-order valence-corrected chi connectivity index (χ4v) is 3.04. The van der Waals surface area contributed by atoms with Crippen LogP contribution in [0.2, 0.25) is 0 Å². The summed E-state index contributed by atoms with van der Waals surface area (Å²) in [4.78, 5) is 45.0. The Labute approximate surface area is 126 Å². The number of hydrogen-bond donors (Lipinski definition) is 4. The van der Waals surface area contributed by atoms with Crippen LogP contribution in [0.15, 0.2) is 11.6 Å². The SMILES string of the molecule is CC1=CC(C(C(=O)O)C(C)C(=O)O)CC(C(=O)O)C1C(=O)O. The zero-order valence-electron chi connectivity index (χ0n) is 12.1. The van der Waals surface area contributed by atoms with Gasteiger partial charge in [-0.3, -0.25) is 19.2 Å². The van der Waals surface area contributed by atoms with Crippen molar-refractivity contribution in [3.05, 3.63) is 11.6 Å². The van der Waals surface area contributed by atoms with Crippen LogP contribution in [0.1, 0.15) is 20.3 Å². The normalized spacial score (nSPS) is 27.4. The van der Waals surface area contributed by atoms with Crippen LogP contribution in [0.4, 0.5) is 0 Å². The van der Waals surface area contributed by atoms with Gasteiger partial charge in [-0.15, -0.1) is 0 Å². The molecule has 0 saturated heterocycles. The van der Waals surface area contributed by atoms with Gasteiger partial charge in [0.25, 0.3) is 0 Å². The van der Waals surface area contributed by atoms with E-state index in [4.69, 9.17) is 10.2 Å². The van der Waals surface area contributed by atoms with Crippen molar-refractivity contribution < 1.29 is 39.6 Å². The van der Waals surface area contributed by atoms with Crippen LogP contribution in [0.25, 0.3) is 0 Å². The minimum absolute atomic E-state index is 0.224. The Hall–Kier alpha value is -2.38. The zero-order valence-corrected chi connectivity index (χ0v) is 12.1. The van der Waals surface area contributed by atoms with Gasteiger partial charge in [0.15, 0.2) is 0 Å². The number of carboxylic acid groups (broad SMARTS) is 4. The largest absolute Gasteiger partial charge is 0.481 e. The molecule has 0 spiro atoms. The minimum atomic E-state index is -1.35. The van der Waals surface area contributed by atoms with Crippen molar-refractivity contribution in [2.45, 2.75) is 20.3 Å². The van der Waals surface area contributed by atoms with Gasteiger partial charge >= 0.3 is 23.9 Å². The molecule has 0 aliphatic heterocycles. The van der Waals surface area contributed by atoms with E-state index in [1.165, 1.54) is 19.9 Å². The number of hydrogen-bond acceptors (Lipinski definition) is 4. The lowest BCUT2D eigenvalue weighted by Crippen LogP contribution is -2.41. The molecule has 122 valence electrons. The monoisotopic (exact) mass is 314 g/mol. The van der Waals surface area contributed by atoms with E-state index in [0.717, 1.165) is 0 Å². The fraction of sp³-hybridized carbons (Fsp3) is 0.571. The first-order chi connectivity index (χ1) is 10.1. The lowest BCUT2D eigenvalue weighted by molar-refractivity contribution is -0.157. The van der Waals surface area contributed by atoms with Gasteiger partial charge in [-0.2, -0.15) is 0 Å². The van der Waals surface area contributed by atoms with Crippen molar-refractivity contribution in [3.63, 3.8) is 0 Å². The predicted molar refractivity (Wildman–Crippen MR) is 72.0 cm³/mol. The van der Waals surface area contributed by atoms with E-state index in [2.05, 4.69) is 0 Å². The second-order valence-electron chi connectivity index (χ2n) is 5.56. The van der Waals surface area contributed by atoms with Crippen LogP contribution in [0.3, 0.4) is 0 Å². The molecule has 5 atom stereocenters. The number of aliphatic carboxylic acids is 4. The maximum atomic E-state index is 11.4. The van der Waals surface area contributed by atoms with Crippen LogP contribution in [-0.2, 0) is 19.2 Å². The molecule has 0 radical (unpaired) electrons. The predicted octanol–water partition coefficient (Wildman–Crippen LogP) is 0.776. The van der Waals surface area contributed by atoms with Crippen LogP contribution >= 0.6 is 0 Å². The summed E-state index contributed by atoms with van der Waals surface area (Å²) in [5, 5.41) is 36.6. The molecule has 0 aromatic carbocycles. The highest BCUT2D eigenvalue weighted by atomic mass is 16.4. The Morgan fingerprint density at radius 2 is 1.59 bits per heavy atom. The van der Waals surface area contributed by atoms with Crippen LogP contribution in [0, 0.1) is 29.6 Å². The molecule has 4 N–H and O–H groups in total. The topological polar surface area (TPSA) is 149 Å².